The van der Waals surface area contributed by atoms with Crippen LogP contribution in [0.25, 0.3) is 6.08 Å². The molecule has 104 valence electrons. The number of phenolic OH excluding ortho intramolecular Hbond substituents is 1. The van der Waals surface area contributed by atoms with Crippen molar-refractivity contribution in [2.45, 2.75) is 6.42 Å². The largest absolute Gasteiger partial charge is 0.508 e. The summed E-state index contributed by atoms with van der Waals surface area (Å²) in [6.45, 7) is 0. The number of aliphatic hydroxyl groups is 1. The van der Waals surface area contributed by atoms with Crippen LogP contribution in [0.2, 0.25) is 0 Å². The van der Waals surface area contributed by atoms with Gasteiger partial charge in [0.15, 0.2) is 5.78 Å². The van der Waals surface area contributed by atoms with Crippen LogP contribution in [0.1, 0.15) is 12.0 Å². The van der Waals surface area contributed by atoms with E-state index in [0.29, 0.717) is 12.2 Å². The average molecular weight is 272 g/mol. The normalized spacial score (nSPS) is 18.1. The summed E-state index contributed by atoms with van der Waals surface area (Å²) in [5.74, 6) is 0.524. The second-order valence-corrected chi connectivity index (χ2v) is 4.49. The molecule has 0 fully saturated rings. The molecule has 2 N–H and O–H groups in total. The van der Waals surface area contributed by atoms with Crippen molar-refractivity contribution < 1.29 is 19.7 Å². The highest BCUT2D eigenvalue weighted by atomic mass is 16.5. The molecule has 1 atom stereocenters. The molecular weight excluding hydrogens is 256 g/mol. The van der Waals surface area contributed by atoms with Gasteiger partial charge in [-0.3, -0.25) is 4.79 Å². The predicted molar refractivity (Wildman–Crippen MR) is 76.7 cm³/mol. The van der Waals surface area contributed by atoms with Crippen molar-refractivity contribution in [3.8, 4) is 11.5 Å². The molecule has 0 bridgehead atoms. The van der Waals surface area contributed by atoms with Crippen LogP contribution in [-0.2, 0) is 4.79 Å². The Hall–Kier alpha value is -2.49. The predicted octanol–water partition coefficient (Wildman–Crippen LogP) is 3.00. The second kappa shape index (κ2) is 6.10. The van der Waals surface area contributed by atoms with Gasteiger partial charge in [0.1, 0.15) is 17.3 Å². The minimum absolute atomic E-state index is 0.0415. The van der Waals surface area contributed by atoms with Gasteiger partial charge in [-0.15, -0.1) is 0 Å². The highest BCUT2D eigenvalue weighted by molar-refractivity contribution is 5.97. The molecule has 2 rings (SSSR count). The number of ketones is 1. The first kappa shape index (κ1) is 13.9. The number of rotatable bonds is 4. The fraction of sp³-hybridized carbons (Fsp3) is 0.188. The molecule has 0 amide bonds. The molecule has 0 radical (unpaired) electrons. The Balaban J connectivity index is 2.10. The minimum atomic E-state index is -0.245. The monoisotopic (exact) mass is 272 g/mol. The Morgan fingerprint density at radius 2 is 2.20 bits per heavy atom. The summed E-state index contributed by atoms with van der Waals surface area (Å²) in [4.78, 5) is 12.0. The third kappa shape index (κ3) is 3.29. The molecule has 1 aromatic rings. The lowest BCUT2D eigenvalue weighted by atomic mass is 9.95. The van der Waals surface area contributed by atoms with Crippen LogP contribution in [0.4, 0.5) is 0 Å². The van der Waals surface area contributed by atoms with Crippen molar-refractivity contribution >= 4 is 11.9 Å². The third-order valence-electron chi connectivity index (χ3n) is 3.09. The lowest BCUT2D eigenvalue weighted by Crippen LogP contribution is -2.10. The summed E-state index contributed by atoms with van der Waals surface area (Å²) < 4.78 is 5.14. The zero-order valence-electron chi connectivity index (χ0n) is 11.1. The molecule has 0 aliphatic heterocycles. The number of ether oxygens (including phenoxy) is 1. The fourth-order valence-corrected chi connectivity index (χ4v) is 1.95. The van der Waals surface area contributed by atoms with E-state index in [1.54, 1.807) is 24.3 Å². The molecule has 0 heterocycles. The lowest BCUT2D eigenvalue weighted by molar-refractivity contribution is -0.116. The first-order chi connectivity index (χ1) is 9.60. The van der Waals surface area contributed by atoms with Gasteiger partial charge in [-0.1, -0.05) is 6.08 Å². The van der Waals surface area contributed by atoms with E-state index in [-0.39, 0.29) is 23.2 Å². The quantitative estimate of drug-likeness (QED) is 0.827. The molecule has 0 aromatic heterocycles. The van der Waals surface area contributed by atoms with Crippen molar-refractivity contribution in [3.63, 3.8) is 0 Å². The van der Waals surface area contributed by atoms with Gasteiger partial charge in [0, 0.05) is 17.5 Å². The molecule has 4 nitrogen and oxygen atoms in total. The molecule has 0 saturated carbocycles. The number of phenols is 1. The molecule has 1 aliphatic rings. The Labute approximate surface area is 117 Å². The second-order valence-electron chi connectivity index (χ2n) is 4.49. The number of aliphatic hydroxyl groups excluding tert-OH is 1. The van der Waals surface area contributed by atoms with E-state index in [1.807, 2.05) is 0 Å². The summed E-state index contributed by atoms with van der Waals surface area (Å²) in [5.41, 5.74) is 0.719. The van der Waals surface area contributed by atoms with E-state index < -0.39 is 0 Å². The molecule has 1 aromatic carbocycles. The Kier molecular flexibility index (Phi) is 4.25. The van der Waals surface area contributed by atoms with Crippen LogP contribution in [0.5, 0.6) is 11.5 Å². The standard InChI is InChI=1S/C16H16O4/c1-20-16-10-14(18)8-4-12(16)5-9-15(19)11-2-6-13(17)7-3-11/h2,4-11,17-18H,3H2,1H3. The summed E-state index contributed by atoms with van der Waals surface area (Å²) >= 11 is 0. The number of aromatic hydroxyl groups is 1. The number of allylic oxidation sites excluding steroid dienone is 4. The lowest BCUT2D eigenvalue weighted by Gasteiger charge is -2.10. The zero-order valence-corrected chi connectivity index (χ0v) is 11.1. The molecule has 1 unspecified atom stereocenters. The fourth-order valence-electron chi connectivity index (χ4n) is 1.95. The summed E-state index contributed by atoms with van der Waals surface area (Å²) in [7, 11) is 1.51. The van der Waals surface area contributed by atoms with Crippen molar-refractivity contribution in [1.82, 2.24) is 0 Å². The maximum Gasteiger partial charge on any atom is 0.162 e. The van der Waals surface area contributed by atoms with Crippen LogP contribution in [-0.4, -0.2) is 23.1 Å². The van der Waals surface area contributed by atoms with Gasteiger partial charge in [0.05, 0.1) is 7.11 Å². The van der Waals surface area contributed by atoms with Crippen LogP contribution < -0.4 is 4.74 Å². The van der Waals surface area contributed by atoms with E-state index in [4.69, 9.17) is 4.74 Å². The number of carbonyl (C=O) groups excluding carboxylic acids is 1. The van der Waals surface area contributed by atoms with Crippen molar-refractivity contribution in [3.05, 3.63) is 53.8 Å². The van der Waals surface area contributed by atoms with Crippen LogP contribution in [0.3, 0.4) is 0 Å². The van der Waals surface area contributed by atoms with Crippen LogP contribution in [0.15, 0.2) is 48.3 Å². The maximum absolute atomic E-state index is 12.0. The number of carbonyl (C=O) groups is 1. The van der Waals surface area contributed by atoms with Crippen molar-refractivity contribution in [2.24, 2.45) is 5.92 Å². The van der Waals surface area contributed by atoms with Crippen LogP contribution >= 0.6 is 0 Å². The molecule has 0 saturated heterocycles. The van der Waals surface area contributed by atoms with E-state index in [2.05, 4.69) is 0 Å². The van der Waals surface area contributed by atoms with E-state index in [0.717, 1.165) is 5.56 Å². The zero-order chi connectivity index (χ0) is 14.5. The Bertz CT molecular complexity index is 596. The summed E-state index contributed by atoms with van der Waals surface area (Å²) in [5, 5.41) is 18.6. The van der Waals surface area contributed by atoms with Gasteiger partial charge < -0.3 is 14.9 Å². The van der Waals surface area contributed by atoms with Gasteiger partial charge in [-0.2, -0.15) is 0 Å². The van der Waals surface area contributed by atoms with Crippen molar-refractivity contribution in [2.75, 3.05) is 7.11 Å². The number of benzene rings is 1. The van der Waals surface area contributed by atoms with E-state index in [1.165, 1.54) is 31.4 Å². The van der Waals surface area contributed by atoms with Crippen LogP contribution in [0, 0.1) is 5.92 Å². The van der Waals surface area contributed by atoms with Gasteiger partial charge in [-0.05, 0) is 42.9 Å². The SMILES string of the molecule is COc1cc(O)ccc1C=CC(=O)C1C=CC(O)=CC1. The molecule has 4 heteroatoms. The Morgan fingerprint density at radius 3 is 2.85 bits per heavy atom. The maximum atomic E-state index is 12.0. The first-order valence-electron chi connectivity index (χ1n) is 6.26. The van der Waals surface area contributed by atoms with E-state index in [9.17, 15) is 15.0 Å². The smallest absolute Gasteiger partial charge is 0.162 e. The number of hydrogen-bond donors (Lipinski definition) is 2. The summed E-state index contributed by atoms with van der Waals surface area (Å²) in [6, 6.07) is 4.71. The van der Waals surface area contributed by atoms with Gasteiger partial charge in [0.25, 0.3) is 0 Å². The van der Waals surface area contributed by atoms with Gasteiger partial charge >= 0.3 is 0 Å². The van der Waals surface area contributed by atoms with Gasteiger partial charge in [0.2, 0.25) is 0 Å². The summed E-state index contributed by atoms with van der Waals surface area (Å²) in [6.07, 6.45) is 8.49. The number of methoxy groups -OCH3 is 1. The highest BCUT2D eigenvalue weighted by Crippen LogP contribution is 2.25. The van der Waals surface area contributed by atoms with Crippen molar-refractivity contribution in [1.29, 1.82) is 0 Å². The molecule has 1 aliphatic carbocycles. The van der Waals surface area contributed by atoms with E-state index >= 15 is 0 Å². The first-order valence-corrected chi connectivity index (χ1v) is 6.26. The number of hydrogen-bond acceptors (Lipinski definition) is 4. The molecule has 0 spiro atoms. The molecular formula is C16H16O4. The highest BCUT2D eigenvalue weighted by Gasteiger charge is 2.14. The minimum Gasteiger partial charge on any atom is -0.508 e. The van der Waals surface area contributed by atoms with Gasteiger partial charge in [-0.25, -0.2) is 0 Å². The molecule has 20 heavy (non-hydrogen) atoms. The third-order valence-corrected chi connectivity index (χ3v) is 3.09. The average Bonchev–Trinajstić information content (AvgIpc) is 2.46. The Morgan fingerprint density at radius 1 is 1.40 bits per heavy atom. The topological polar surface area (TPSA) is 66.8 Å².